The van der Waals surface area contributed by atoms with Gasteiger partial charge in [-0.3, -0.25) is 4.79 Å². The second-order valence-corrected chi connectivity index (χ2v) is 2.62. The molecule has 0 saturated heterocycles. The van der Waals surface area contributed by atoms with E-state index in [2.05, 4.69) is 11.9 Å². The second-order valence-electron chi connectivity index (χ2n) is 2.62. The monoisotopic (exact) mass is 273 g/mol. The van der Waals surface area contributed by atoms with Gasteiger partial charge in [0, 0.05) is 13.0 Å². The fourth-order valence-corrected chi connectivity index (χ4v) is 0.591. The summed E-state index contributed by atoms with van der Waals surface area (Å²) in [6.45, 7) is 4.39. The fourth-order valence-electron chi connectivity index (χ4n) is 0.591. The van der Waals surface area contributed by atoms with Crippen molar-refractivity contribution in [1.82, 2.24) is 0 Å². The number of unbranched alkanes of at least 4 members (excludes halogenated alkanes) is 2. The van der Waals surface area contributed by atoms with Crippen LogP contribution in [0.15, 0.2) is 4.99 Å². The Bertz CT molecular complexity index is 287. The maximum Gasteiger partial charge on any atom is 0.303 e. The molecule has 108 valence electrons. The molecule has 0 aliphatic carbocycles. The van der Waals surface area contributed by atoms with E-state index in [1.165, 1.54) is 6.08 Å². The molecular weight excluding hydrogens is 254 g/mol. The summed E-state index contributed by atoms with van der Waals surface area (Å²) in [7, 11) is 0. The summed E-state index contributed by atoms with van der Waals surface area (Å²) in [6, 6.07) is 0. The van der Waals surface area contributed by atoms with Gasteiger partial charge in [-0.1, -0.05) is 19.8 Å². The molecular formula is C11H19N3O5. The van der Waals surface area contributed by atoms with Gasteiger partial charge in [0.25, 0.3) is 0 Å². The Balaban J connectivity index is -0.0000000879. The Morgan fingerprint density at radius 1 is 1.11 bits per heavy atom. The first-order valence-electron chi connectivity index (χ1n) is 5.35. The summed E-state index contributed by atoms with van der Waals surface area (Å²) < 4.78 is 0. The van der Waals surface area contributed by atoms with Gasteiger partial charge >= 0.3 is 5.97 Å². The molecule has 0 aromatic heterocycles. The number of aliphatic imine (C=N–C) groups is 1. The SMILES string of the molecule is CCCCCC(=O)O.CCN=C=O.N=C=O.N=C=O. The standard InChI is InChI=1S/C6H12O2.C3H5NO.2CHNO/c1-2-3-4-5-6(7)8;1-2-4-3-5;2*2-1-3/h2-5H2,1H3,(H,7,8);2H2,1H3;2*2H. The number of rotatable bonds is 5. The van der Waals surface area contributed by atoms with Gasteiger partial charge in [0.2, 0.25) is 18.2 Å². The van der Waals surface area contributed by atoms with Crippen LogP contribution in [0.2, 0.25) is 0 Å². The first-order chi connectivity index (χ1) is 9.01. The van der Waals surface area contributed by atoms with Crippen molar-refractivity contribution >= 4 is 24.2 Å². The minimum Gasteiger partial charge on any atom is -0.481 e. The molecule has 0 unspecified atom stereocenters. The molecule has 0 aromatic rings. The van der Waals surface area contributed by atoms with Crippen molar-refractivity contribution < 1.29 is 24.3 Å². The number of carbonyl (C=O) groups excluding carboxylic acids is 3. The Morgan fingerprint density at radius 2 is 1.53 bits per heavy atom. The highest BCUT2D eigenvalue weighted by molar-refractivity contribution is 5.66. The van der Waals surface area contributed by atoms with Crippen molar-refractivity contribution in [3.05, 3.63) is 0 Å². The molecule has 0 radical (unpaired) electrons. The van der Waals surface area contributed by atoms with Crippen LogP contribution in [0.3, 0.4) is 0 Å². The van der Waals surface area contributed by atoms with Crippen LogP contribution in [0.5, 0.6) is 0 Å². The molecule has 0 aliphatic rings. The molecule has 0 heterocycles. The van der Waals surface area contributed by atoms with E-state index < -0.39 is 5.97 Å². The van der Waals surface area contributed by atoms with Crippen LogP contribution < -0.4 is 0 Å². The molecule has 8 heteroatoms. The van der Waals surface area contributed by atoms with E-state index >= 15 is 0 Å². The molecule has 0 bridgehead atoms. The van der Waals surface area contributed by atoms with E-state index in [4.69, 9.17) is 30.3 Å². The van der Waals surface area contributed by atoms with E-state index in [0.717, 1.165) is 31.4 Å². The van der Waals surface area contributed by atoms with Crippen molar-refractivity contribution in [3.8, 4) is 0 Å². The fraction of sp³-hybridized carbons (Fsp3) is 0.636. The second kappa shape index (κ2) is 36.1. The third-order valence-corrected chi connectivity index (χ3v) is 1.22. The zero-order valence-corrected chi connectivity index (χ0v) is 11.1. The molecule has 0 saturated carbocycles. The number of carboxylic acid groups (broad SMARTS) is 1. The normalized spacial score (nSPS) is 6.21. The van der Waals surface area contributed by atoms with Crippen molar-refractivity contribution in [3.63, 3.8) is 0 Å². The lowest BCUT2D eigenvalue weighted by Gasteiger charge is -1.89. The van der Waals surface area contributed by atoms with Crippen molar-refractivity contribution in [1.29, 1.82) is 10.8 Å². The van der Waals surface area contributed by atoms with Gasteiger partial charge in [0.1, 0.15) is 0 Å². The highest BCUT2D eigenvalue weighted by atomic mass is 16.4. The van der Waals surface area contributed by atoms with Crippen molar-refractivity contribution in [2.45, 2.75) is 39.5 Å². The van der Waals surface area contributed by atoms with Crippen LogP contribution in [0.25, 0.3) is 0 Å². The number of hydrogen-bond acceptors (Lipinski definition) is 7. The predicted octanol–water partition coefficient (Wildman–Crippen LogP) is 1.80. The Hall–Kier alpha value is -2.39. The highest BCUT2D eigenvalue weighted by Crippen LogP contribution is 1.97. The number of aliphatic carboxylic acids is 1. The lowest BCUT2D eigenvalue weighted by Crippen LogP contribution is -1.92. The number of hydrogen-bond donors (Lipinski definition) is 3. The van der Waals surface area contributed by atoms with E-state index in [9.17, 15) is 4.79 Å². The van der Waals surface area contributed by atoms with Gasteiger partial charge < -0.3 is 5.11 Å². The topological polar surface area (TPSA) is 149 Å². The first-order valence-corrected chi connectivity index (χ1v) is 5.35. The minimum absolute atomic E-state index is 0.327. The third-order valence-electron chi connectivity index (χ3n) is 1.22. The Morgan fingerprint density at radius 3 is 1.68 bits per heavy atom. The summed E-state index contributed by atoms with van der Waals surface area (Å²) in [5.74, 6) is -0.682. The van der Waals surface area contributed by atoms with Gasteiger partial charge in [0.15, 0.2) is 0 Å². The zero-order chi connectivity index (χ0) is 15.9. The zero-order valence-electron chi connectivity index (χ0n) is 11.1. The van der Waals surface area contributed by atoms with Crippen LogP contribution in [-0.2, 0) is 19.2 Å². The number of nitrogens with one attached hydrogen (secondary N) is 2. The summed E-state index contributed by atoms with van der Waals surface area (Å²) in [5.41, 5.74) is 0. The minimum atomic E-state index is -0.682. The summed E-state index contributed by atoms with van der Waals surface area (Å²) in [5, 5.41) is 18.9. The molecule has 0 aliphatic heterocycles. The molecule has 8 nitrogen and oxygen atoms in total. The molecule has 0 atom stereocenters. The van der Waals surface area contributed by atoms with Gasteiger partial charge in [-0.2, -0.15) is 0 Å². The van der Waals surface area contributed by atoms with Crippen LogP contribution >= 0.6 is 0 Å². The van der Waals surface area contributed by atoms with E-state index in [1.807, 2.05) is 0 Å². The van der Waals surface area contributed by atoms with Crippen molar-refractivity contribution in [2.75, 3.05) is 6.54 Å². The summed E-state index contributed by atoms with van der Waals surface area (Å²) >= 11 is 0. The largest absolute Gasteiger partial charge is 0.481 e. The van der Waals surface area contributed by atoms with Crippen LogP contribution in [-0.4, -0.2) is 35.9 Å². The van der Waals surface area contributed by atoms with Crippen LogP contribution in [0.4, 0.5) is 0 Å². The molecule has 19 heavy (non-hydrogen) atoms. The highest BCUT2D eigenvalue weighted by Gasteiger charge is 1.92. The van der Waals surface area contributed by atoms with Crippen molar-refractivity contribution in [2.24, 2.45) is 4.99 Å². The first kappa shape index (κ1) is 25.5. The average Bonchev–Trinajstić information content (AvgIpc) is 2.33. The number of carboxylic acids is 1. The Kier molecular flexibility index (Phi) is 48.3. The van der Waals surface area contributed by atoms with Gasteiger partial charge in [0.05, 0.1) is 0 Å². The van der Waals surface area contributed by atoms with Gasteiger partial charge in [-0.25, -0.2) is 30.2 Å². The quantitative estimate of drug-likeness (QED) is 0.396. The molecule has 3 N–H and O–H groups in total. The summed E-state index contributed by atoms with van der Waals surface area (Å²) in [6.07, 6.45) is 6.17. The average molecular weight is 273 g/mol. The number of nitrogens with zero attached hydrogens (tertiary/aromatic N) is 1. The van der Waals surface area contributed by atoms with E-state index in [1.54, 1.807) is 6.92 Å². The lowest BCUT2D eigenvalue weighted by atomic mass is 10.2. The molecule has 0 fully saturated rings. The van der Waals surface area contributed by atoms with Gasteiger partial charge in [-0.05, 0) is 13.3 Å². The van der Waals surface area contributed by atoms with E-state index in [-0.39, 0.29) is 0 Å². The predicted molar refractivity (Wildman–Crippen MR) is 67.3 cm³/mol. The maximum absolute atomic E-state index is 9.87. The number of isocyanates is 3. The molecule has 0 spiro atoms. The smallest absolute Gasteiger partial charge is 0.303 e. The Labute approximate surface area is 111 Å². The molecule has 0 rings (SSSR count). The molecule has 0 amide bonds. The number of carbonyl (C=O) groups is 1. The van der Waals surface area contributed by atoms with Crippen LogP contribution in [0.1, 0.15) is 39.5 Å². The van der Waals surface area contributed by atoms with E-state index in [0.29, 0.717) is 13.0 Å². The van der Waals surface area contributed by atoms with Gasteiger partial charge in [-0.15, -0.1) is 0 Å². The molecule has 0 aromatic carbocycles. The third kappa shape index (κ3) is 136. The van der Waals surface area contributed by atoms with Crippen LogP contribution in [0, 0.1) is 10.8 Å². The summed E-state index contributed by atoms with van der Waals surface area (Å²) in [4.78, 5) is 38.8. The maximum atomic E-state index is 9.87. The lowest BCUT2D eigenvalue weighted by molar-refractivity contribution is -0.137.